The quantitative estimate of drug-likeness (QED) is 0.661. The average Bonchev–Trinajstić information content (AvgIpc) is 2.81. The second kappa shape index (κ2) is 5.52. The summed E-state index contributed by atoms with van der Waals surface area (Å²) >= 11 is 5.72. The van der Waals surface area contributed by atoms with Crippen molar-refractivity contribution in [3.8, 4) is 0 Å². The summed E-state index contributed by atoms with van der Waals surface area (Å²) in [6.45, 7) is 1.98. The number of benzene rings is 1. The minimum atomic E-state index is -0.525. The molecule has 1 aromatic carbocycles. The van der Waals surface area contributed by atoms with Crippen LogP contribution >= 0.6 is 11.6 Å². The van der Waals surface area contributed by atoms with Gasteiger partial charge in [-0.05, 0) is 24.3 Å². The van der Waals surface area contributed by atoms with E-state index >= 15 is 0 Å². The Balaban J connectivity index is 2.38. The Morgan fingerprint density at radius 1 is 1.39 bits per heavy atom. The van der Waals surface area contributed by atoms with Crippen molar-refractivity contribution in [3.05, 3.63) is 58.3 Å². The van der Waals surface area contributed by atoms with Crippen molar-refractivity contribution in [3.63, 3.8) is 0 Å². The van der Waals surface area contributed by atoms with Gasteiger partial charge >= 0.3 is 0 Å². The van der Waals surface area contributed by atoms with Gasteiger partial charge in [0.1, 0.15) is 23.4 Å². The number of halogens is 2. The Kier molecular flexibility index (Phi) is 4.01. The van der Waals surface area contributed by atoms with Crippen LogP contribution in [0.25, 0.3) is 0 Å². The lowest BCUT2D eigenvalue weighted by Crippen LogP contribution is -2.29. The number of hydrogen-bond acceptors (Lipinski definition) is 3. The van der Waals surface area contributed by atoms with Gasteiger partial charge in [-0.2, -0.15) is 0 Å². The molecule has 2 aromatic rings. The van der Waals surface area contributed by atoms with Crippen molar-refractivity contribution in [2.75, 3.05) is 0 Å². The molecule has 1 atom stereocenters. The van der Waals surface area contributed by atoms with Crippen molar-refractivity contribution in [1.82, 2.24) is 5.43 Å². The molecule has 3 N–H and O–H groups in total. The molecule has 0 radical (unpaired) electrons. The van der Waals surface area contributed by atoms with Crippen LogP contribution < -0.4 is 11.3 Å². The number of furan rings is 1. The number of aryl methyl sites for hydroxylation is 1. The molecule has 0 saturated carbocycles. The Morgan fingerprint density at radius 3 is 2.72 bits per heavy atom. The van der Waals surface area contributed by atoms with Gasteiger partial charge in [0.05, 0.1) is 0 Å². The van der Waals surface area contributed by atoms with Crippen LogP contribution in [0.1, 0.15) is 30.0 Å². The van der Waals surface area contributed by atoms with Crippen molar-refractivity contribution in [1.29, 1.82) is 0 Å². The maximum atomic E-state index is 13.8. The molecular weight excluding hydrogens is 255 g/mol. The molecule has 18 heavy (non-hydrogen) atoms. The molecule has 0 fully saturated rings. The second-order valence-electron chi connectivity index (χ2n) is 3.92. The van der Waals surface area contributed by atoms with E-state index in [1.165, 1.54) is 6.07 Å². The lowest BCUT2D eigenvalue weighted by atomic mass is 10.0. The highest BCUT2D eigenvalue weighted by molar-refractivity contribution is 6.30. The largest absolute Gasteiger partial charge is 0.464 e. The Labute approximate surface area is 110 Å². The number of nitrogens with one attached hydrogen (secondary N) is 1. The molecule has 2 rings (SSSR count). The summed E-state index contributed by atoms with van der Waals surface area (Å²) < 4.78 is 19.4. The van der Waals surface area contributed by atoms with Gasteiger partial charge in [0, 0.05) is 17.0 Å². The number of nitrogens with two attached hydrogens (primary N) is 1. The van der Waals surface area contributed by atoms with E-state index < -0.39 is 11.9 Å². The SMILES string of the molecule is CCc1ccc(C(NN)c2ccc(Cl)cc2F)o1. The third kappa shape index (κ3) is 2.56. The molecule has 0 amide bonds. The summed E-state index contributed by atoms with van der Waals surface area (Å²) in [5, 5.41) is 0.348. The fourth-order valence-electron chi connectivity index (χ4n) is 1.80. The molecule has 0 saturated heterocycles. The van der Waals surface area contributed by atoms with Gasteiger partial charge in [0.25, 0.3) is 0 Å². The molecule has 0 bridgehead atoms. The molecule has 0 spiro atoms. The van der Waals surface area contributed by atoms with E-state index in [1.54, 1.807) is 18.2 Å². The zero-order valence-electron chi connectivity index (χ0n) is 9.91. The molecule has 1 aromatic heterocycles. The first-order valence-corrected chi connectivity index (χ1v) is 6.03. The molecule has 0 aliphatic heterocycles. The van der Waals surface area contributed by atoms with Gasteiger partial charge in [-0.15, -0.1) is 0 Å². The van der Waals surface area contributed by atoms with E-state index in [0.717, 1.165) is 12.2 Å². The van der Waals surface area contributed by atoms with E-state index in [0.29, 0.717) is 16.3 Å². The second-order valence-corrected chi connectivity index (χ2v) is 4.36. The van der Waals surface area contributed by atoms with Crippen LogP contribution in [0.2, 0.25) is 5.02 Å². The maximum absolute atomic E-state index is 13.8. The van der Waals surface area contributed by atoms with Crippen molar-refractivity contribution < 1.29 is 8.81 Å². The fraction of sp³-hybridized carbons (Fsp3) is 0.231. The number of hydrazine groups is 1. The summed E-state index contributed by atoms with van der Waals surface area (Å²) in [6.07, 6.45) is 0.778. The lowest BCUT2D eigenvalue weighted by Gasteiger charge is -2.14. The Bertz CT molecular complexity index is 542. The van der Waals surface area contributed by atoms with Crippen LogP contribution in [-0.4, -0.2) is 0 Å². The monoisotopic (exact) mass is 268 g/mol. The van der Waals surface area contributed by atoms with Crippen molar-refractivity contribution in [2.45, 2.75) is 19.4 Å². The highest BCUT2D eigenvalue weighted by atomic mass is 35.5. The smallest absolute Gasteiger partial charge is 0.129 e. The van der Waals surface area contributed by atoms with Gasteiger partial charge in [0.2, 0.25) is 0 Å². The normalized spacial score (nSPS) is 12.7. The predicted octanol–water partition coefficient (Wildman–Crippen LogP) is 3.19. The summed E-state index contributed by atoms with van der Waals surface area (Å²) in [5.41, 5.74) is 2.96. The summed E-state index contributed by atoms with van der Waals surface area (Å²) in [4.78, 5) is 0. The van der Waals surface area contributed by atoms with Gasteiger partial charge in [0.15, 0.2) is 0 Å². The highest BCUT2D eigenvalue weighted by Gasteiger charge is 2.20. The molecule has 0 aliphatic carbocycles. The topological polar surface area (TPSA) is 51.2 Å². The summed E-state index contributed by atoms with van der Waals surface area (Å²) in [6, 6.07) is 7.59. The standard InChI is InChI=1S/C13H14ClFN2O/c1-2-9-4-6-12(18-9)13(17-16)10-5-3-8(14)7-11(10)15/h3-7,13,17H,2,16H2,1H3. The minimum absolute atomic E-state index is 0.348. The van der Waals surface area contributed by atoms with Gasteiger partial charge < -0.3 is 4.42 Å². The van der Waals surface area contributed by atoms with Crippen LogP contribution in [0.3, 0.4) is 0 Å². The van der Waals surface area contributed by atoms with Crippen LogP contribution in [0.15, 0.2) is 34.7 Å². The predicted molar refractivity (Wildman–Crippen MR) is 68.7 cm³/mol. The van der Waals surface area contributed by atoms with Crippen LogP contribution in [-0.2, 0) is 6.42 Å². The molecule has 1 heterocycles. The van der Waals surface area contributed by atoms with Gasteiger partial charge in [-0.3, -0.25) is 5.84 Å². The van der Waals surface area contributed by atoms with Gasteiger partial charge in [-0.25, -0.2) is 9.82 Å². The minimum Gasteiger partial charge on any atom is -0.464 e. The first kappa shape index (κ1) is 13.1. The maximum Gasteiger partial charge on any atom is 0.129 e. The zero-order chi connectivity index (χ0) is 13.1. The Morgan fingerprint density at radius 2 is 2.17 bits per heavy atom. The van der Waals surface area contributed by atoms with Crippen molar-refractivity contribution >= 4 is 11.6 Å². The fourth-order valence-corrected chi connectivity index (χ4v) is 1.96. The Hall–Kier alpha value is -1.36. The molecular formula is C13H14ClFN2O. The molecule has 96 valence electrons. The molecule has 5 heteroatoms. The third-order valence-electron chi connectivity index (χ3n) is 2.76. The number of rotatable bonds is 4. The summed E-state index contributed by atoms with van der Waals surface area (Å²) in [5.74, 6) is 6.48. The highest BCUT2D eigenvalue weighted by Crippen LogP contribution is 2.27. The zero-order valence-corrected chi connectivity index (χ0v) is 10.7. The van der Waals surface area contributed by atoms with E-state index in [1.807, 2.05) is 13.0 Å². The molecule has 0 aliphatic rings. The number of hydrogen-bond donors (Lipinski definition) is 2. The lowest BCUT2D eigenvalue weighted by molar-refractivity contribution is 0.418. The van der Waals surface area contributed by atoms with E-state index in [2.05, 4.69) is 5.43 Å². The van der Waals surface area contributed by atoms with Crippen LogP contribution in [0.5, 0.6) is 0 Å². The van der Waals surface area contributed by atoms with Crippen LogP contribution in [0, 0.1) is 5.82 Å². The van der Waals surface area contributed by atoms with E-state index in [9.17, 15) is 4.39 Å². The summed E-state index contributed by atoms with van der Waals surface area (Å²) in [7, 11) is 0. The van der Waals surface area contributed by atoms with E-state index in [-0.39, 0.29) is 0 Å². The first-order chi connectivity index (χ1) is 8.65. The molecule has 1 unspecified atom stereocenters. The third-order valence-corrected chi connectivity index (χ3v) is 2.99. The van der Waals surface area contributed by atoms with Crippen LogP contribution in [0.4, 0.5) is 4.39 Å². The van der Waals surface area contributed by atoms with E-state index in [4.69, 9.17) is 21.9 Å². The van der Waals surface area contributed by atoms with Gasteiger partial charge in [-0.1, -0.05) is 24.6 Å². The average molecular weight is 269 g/mol. The molecule has 3 nitrogen and oxygen atoms in total. The first-order valence-electron chi connectivity index (χ1n) is 5.65. The van der Waals surface area contributed by atoms with Crippen molar-refractivity contribution in [2.24, 2.45) is 5.84 Å².